The average molecular weight is 410 g/mol. The summed E-state index contributed by atoms with van der Waals surface area (Å²) in [4.78, 5) is 23.3. The number of anilines is 1. The van der Waals surface area contributed by atoms with Crippen molar-refractivity contribution in [1.29, 1.82) is 5.26 Å². The Kier molecular flexibility index (Phi) is 8.41. The zero-order valence-corrected chi connectivity index (χ0v) is 16.3. The van der Waals surface area contributed by atoms with Gasteiger partial charge in [0.25, 0.3) is 0 Å². The Morgan fingerprint density at radius 3 is 2.40 bits per heavy atom. The summed E-state index contributed by atoms with van der Waals surface area (Å²) in [7, 11) is 0. The van der Waals surface area contributed by atoms with E-state index in [2.05, 4.69) is 5.32 Å². The quantitative estimate of drug-likeness (QED) is 0.540. The lowest BCUT2D eigenvalue weighted by Crippen LogP contribution is -2.21. The van der Waals surface area contributed by atoms with Gasteiger partial charge in [-0.2, -0.15) is 5.26 Å². The number of hydrogen-bond donors (Lipinski definition) is 3. The Morgan fingerprint density at radius 2 is 1.83 bits per heavy atom. The molecular formula is C22H22N2O6. The molecule has 0 spiro atoms. The largest absolute Gasteiger partial charge is 0.491 e. The third-order valence-corrected chi connectivity index (χ3v) is 4.08. The summed E-state index contributed by atoms with van der Waals surface area (Å²) in [5.41, 5.74) is 1.56. The monoisotopic (exact) mass is 410 g/mol. The third-order valence-electron chi connectivity index (χ3n) is 4.08. The molecule has 8 heteroatoms. The minimum atomic E-state index is -1.10. The van der Waals surface area contributed by atoms with Crippen LogP contribution >= 0.6 is 0 Å². The Labute approximate surface area is 174 Å². The summed E-state index contributed by atoms with van der Waals surface area (Å²) in [5, 5.41) is 29.2. The van der Waals surface area contributed by atoms with E-state index in [1.165, 1.54) is 6.08 Å². The van der Waals surface area contributed by atoms with Crippen LogP contribution < -0.4 is 10.1 Å². The molecule has 30 heavy (non-hydrogen) atoms. The molecule has 0 saturated heterocycles. The number of nitrogens with zero attached hydrogens (tertiary/aromatic N) is 1. The molecule has 2 aromatic carbocycles. The van der Waals surface area contributed by atoms with E-state index in [9.17, 15) is 9.59 Å². The van der Waals surface area contributed by atoms with Crippen molar-refractivity contribution in [1.82, 2.24) is 0 Å². The number of hydrogen-bond acceptors (Lipinski definition) is 6. The number of carbonyl (C=O) groups is 2. The molecule has 0 bridgehead atoms. The zero-order chi connectivity index (χ0) is 21.9. The Morgan fingerprint density at radius 1 is 1.17 bits per heavy atom. The summed E-state index contributed by atoms with van der Waals surface area (Å²) >= 11 is 0. The number of rotatable bonds is 9. The van der Waals surface area contributed by atoms with E-state index in [-0.39, 0.29) is 13.2 Å². The van der Waals surface area contributed by atoms with Crippen LogP contribution in [-0.2, 0) is 9.53 Å². The van der Waals surface area contributed by atoms with E-state index in [0.717, 1.165) is 6.08 Å². The highest BCUT2D eigenvalue weighted by molar-refractivity contribution is 5.85. The second-order valence-electron chi connectivity index (χ2n) is 6.34. The van der Waals surface area contributed by atoms with Gasteiger partial charge in [-0.25, -0.2) is 9.59 Å². The molecule has 2 rings (SSSR count). The van der Waals surface area contributed by atoms with Crippen LogP contribution in [0.3, 0.4) is 0 Å². The van der Waals surface area contributed by atoms with Crippen molar-refractivity contribution in [2.24, 2.45) is 5.92 Å². The number of benzene rings is 2. The van der Waals surface area contributed by atoms with Crippen molar-refractivity contribution in [2.45, 2.75) is 13.0 Å². The lowest BCUT2D eigenvalue weighted by atomic mass is 9.96. The first-order chi connectivity index (χ1) is 14.4. The summed E-state index contributed by atoms with van der Waals surface area (Å²) in [6.07, 6.45) is 0.961. The molecule has 3 N–H and O–H groups in total. The molecule has 8 nitrogen and oxygen atoms in total. The van der Waals surface area contributed by atoms with Crippen molar-refractivity contribution < 1.29 is 29.3 Å². The SMILES string of the molecule is C[C@@H](/C=C/C(=O)O)[C@H](OC(=O)Nc1ccc(C#N)cc1)c1ccc(OCCO)cc1. The van der Waals surface area contributed by atoms with Crippen LogP contribution in [0, 0.1) is 17.2 Å². The molecule has 0 fully saturated rings. The number of carboxylic acids is 1. The van der Waals surface area contributed by atoms with Gasteiger partial charge in [0.05, 0.1) is 18.2 Å². The number of carbonyl (C=O) groups excluding carboxylic acids is 1. The van der Waals surface area contributed by atoms with Gasteiger partial charge in [-0.15, -0.1) is 0 Å². The smallest absolute Gasteiger partial charge is 0.412 e. The fourth-order valence-electron chi connectivity index (χ4n) is 2.62. The highest BCUT2D eigenvalue weighted by Gasteiger charge is 2.22. The van der Waals surface area contributed by atoms with E-state index in [1.54, 1.807) is 55.5 Å². The lowest BCUT2D eigenvalue weighted by molar-refractivity contribution is -0.131. The highest BCUT2D eigenvalue weighted by Crippen LogP contribution is 2.29. The minimum absolute atomic E-state index is 0.111. The predicted molar refractivity (Wildman–Crippen MR) is 109 cm³/mol. The molecule has 0 radical (unpaired) electrons. The van der Waals surface area contributed by atoms with Crippen LogP contribution in [0.25, 0.3) is 0 Å². The van der Waals surface area contributed by atoms with Crippen LogP contribution in [0.15, 0.2) is 60.7 Å². The molecule has 2 atom stereocenters. The van der Waals surface area contributed by atoms with Crippen LogP contribution in [0.1, 0.15) is 24.2 Å². The van der Waals surface area contributed by atoms with Gasteiger partial charge in [0.1, 0.15) is 18.5 Å². The number of ether oxygens (including phenoxy) is 2. The number of nitriles is 1. The van der Waals surface area contributed by atoms with Crippen molar-refractivity contribution >= 4 is 17.7 Å². The Bertz CT molecular complexity index is 916. The standard InChI is InChI=1S/C22H22N2O6/c1-15(2-11-20(26)27)21(17-5-9-19(10-6-17)29-13-12-25)30-22(28)24-18-7-3-16(14-23)4-8-18/h2-11,15,21,25H,12-13H2,1H3,(H,24,28)(H,26,27)/b11-2+/t15-,21-/m0/s1. The van der Waals surface area contributed by atoms with E-state index in [0.29, 0.717) is 22.6 Å². The Balaban J connectivity index is 2.16. The van der Waals surface area contributed by atoms with Crippen molar-refractivity contribution in [2.75, 3.05) is 18.5 Å². The highest BCUT2D eigenvalue weighted by atomic mass is 16.6. The normalized spacial score (nSPS) is 12.6. The first kappa shape index (κ1) is 22.5. The maximum atomic E-state index is 12.4. The molecule has 0 aliphatic rings. The average Bonchev–Trinajstić information content (AvgIpc) is 2.75. The number of nitrogens with one attached hydrogen (secondary N) is 1. The van der Waals surface area contributed by atoms with Crippen LogP contribution in [0.5, 0.6) is 5.75 Å². The van der Waals surface area contributed by atoms with E-state index in [1.807, 2.05) is 6.07 Å². The second kappa shape index (κ2) is 11.2. The van der Waals surface area contributed by atoms with E-state index >= 15 is 0 Å². The van der Waals surface area contributed by atoms with Crippen molar-refractivity contribution in [3.05, 3.63) is 71.8 Å². The molecule has 0 unspecified atom stereocenters. The lowest BCUT2D eigenvalue weighted by Gasteiger charge is -2.23. The molecule has 1 amide bonds. The first-order valence-corrected chi connectivity index (χ1v) is 9.15. The van der Waals surface area contributed by atoms with E-state index in [4.69, 9.17) is 24.9 Å². The van der Waals surface area contributed by atoms with Crippen LogP contribution in [0.2, 0.25) is 0 Å². The number of aliphatic hydroxyl groups excluding tert-OH is 1. The molecular weight excluding hydrogens is 388 g/mol. The van der Waals surface area contributed by atoms with Gasteiger partial charge >= 0.3 is 12.1 Å². The van der Waals surface area contributed by atoms with Gasteiger partial charge in [0.2, 0.25) is 0 Å². The number of aliphatic carboxylic acids is 1. The fraction of sp³-hybridized carbons (Fsp3) is 0.227. The van der Waals surface area contributed by atoms with Gasteiger partial charge in [0.15, 0.2) is 0 Å². The van der Waals surface area contributed by atoms with Gasteiger partial charge in [-0.05, 0) is 42.0 Å². The summed E-state index contributed by atoms with van der Waals surface area (Å²) < 4.78 is 10.9. The van der Waals surface area contributed by atoms with Gasteiger partial charge in [0, 0.05) is 17.7 Å². The summed E-state index contributed by atoms with van der Waals surface area (Å²) in [6.45, 7) is 1.78. The molecule has 0 aliphatic heterocycles. The van der Waals surface area contributed by atoms with Crippen LogP contribution in [0.4, 0.5) is 10.5 Å². The molecule has 0 saturated carbocycles. The zero-order valence-electron chi connectivity index (χ0n) is 16.3. The molecule has 2 aromatic rings. The van der Waals surface area contributed by atoms with E-state index < -0.39 is 24.1 Å². The van der Waals surface area contributed by atoms with Gasteiger partial charge in [-0.3, -0.25) is 5.32 Å². The van der Waals surface area contributed by atoms with Crippen molar-refractivity contribution in [3.8, 4) is 11.8 Å². The first-order valence-electron chi connectivity index (χ1n) is 9.15. The topological polar surface area (TPSA) is 129 Å². The summed E-state index contributed by atoms with van der Waals surface area (Å²) in [5.74, 6) is -0.991. The molecule has 156 valence electrons. The van der Waals surface area contributed by atoms with Crippen molar-refractivity contribution in [3.63, 3.8) is 0 Å². The number of amides is 1. The number of aliphatic hydroxyl groups is 1. The maximum Gasteiger partial charge on any atom is 0.412 e. The minimum Gasteiger partial charge on any atom is -0.491 e. The molecule has 0 aromatic heterocycles. The van der Waals surface area contributed by atoms with Gasteiger partial charge in [-0.1, -0.05) is 25.1 Å². The second-order valence-corrected chi connectivity index (χ2v) is 6.34. The van der Waals surface area contributed by atoms with Crippen LogP contribution in [-0.4, -0.2) is 35.5 Å². The fourth-order valence-corrected chi connectivity index (χ4v) is 2.62. The number of carboxylic acid groups (broad SMARTS) is 1. The molecule has 0 aliphatic carbocycles. The maximum absolute atomic E-state index is 12.4. The summed E-state index contributed by atoms with van der Waals surface area (Å²) in [6, 6.07) is 15.0. The third kappa shape index (κ3) is 6.96. The van der Waals surface area contributed by atoms with Gasteiger partial charge < -0.3 is 19.7 Å². The predicted octanol–water partition coefficient (Wildman–Crippen LogP) is 3.50. The Hall–Kier alpha value is -3.83. The molecule has 0 heterocycles.